The maximum Gasteiger partial charge on any atom is 0.425 e. The van der Waals surface area contributed by atoms with E-state index in [4.69, 9.17) is 0 Å². The summed E-state index contributed by atoms with van der Waals surface area (Å²) in [7, 11) is 0. The first-order valence-electron chi connectivity index (χ1n) is 9.51. The number of amides is 2. The van der Waals surface area contributed by atoms with Crippen LogP contribution in [0.4, 0.5) is 13.2 Å². The van der Waals surface area contributed by atoms with Crippen LogP contribution in [-0.4, -0.2) is 40.8 Å². The van der Waals surface area contributed by atoms with E-state index in [0.29, 0.717) is 25.7 Å². The van der Waals surface area contributed by atoms with Gasteiger partial charge in [-0.25, -0.2) is 0 Å². The van der Waals surface area contributed by atoms with Crippen molar-refractivity contribution in [2.75, 3.05) is 6.54 Å². The van der Waals surface area contributed by atoms with Crippen molar-refractivity contribution in [3.63, 3.8) is 0 Å². The fourth-order valence-electron chi connectivity index (χ4n) is 4.07. The lowest BCUT2D eigenvalue weighted by Gasteiger charge is -2.35. The fourth-order valence-corrected chi connectivity index (χ4v) is 4.07. The topological polar surface area (TPSA) is 66.5 Å². The van der Waals surface area contributed by atoms with Gasteiger partial charge in [0.25, 0.3) is 5.91 Å². The Hall–Kier alpha value is -1.86. The van der Waals surface area contributed by atoms with Crippen LogP contribution in [0, 0.1) is 5.92 Å². The predicted molar refractivity (Wildman–Crippen MR) is 93.5 cm³/mol. The number of carbonyl (C=O) groups excluding carboxylic acids is 3. The molecule has 0 bridgehead atoms. The Kier molecular flexibility index (Phi) is 6.37. The average molecular weight is 388 g/mol. The predicted octanol–water partition coefficient (Wildman–Crippen LogP) is 3.49. The fraction of sp³-hybridized carbons (Fsp3) is 0.737. The molecule has 1 N–H and O–H groups in total. The van der Waals surface area contributed by atoms with E-state index < -0.39 is 40.8 Å². The number of Topliss-reactive ketones (excluding diaryl/α,β-unsaturated/α-hetero) is 1. The number of nitrogens with one attached hydrogen (secondary N) is 1. The molecular weight excluding hydrogens is 361 g/mol. The van der Waals surface area contributed by atoms with Gasteiger partial charge in [0.1, 0.15) is 0 Å². The zero-order chi connectivity index (χ0) is 20.4. The minimum atomic E-state index is -5.11. The van der Waals surface area contributed by atoms with Crippen LogP contribution in [0.2, 0.25) is 0 Å². The first-order chi connectivity index (χ1) is 12.6. The van der Waals surface area contributed by atoms with Crippen molar-refractivity contribution in [1.82, 2.24) is 10.2 Å². The van der Waals surface area contributed by atoms with Crippen molar-refractivity contribution in [3.05, 3.63) is 11.3 Å². The van der Waals surface area contributed by atoms with Gasteiger partial charge in [-0.3, -0.25) is 14.4 Å². The van der Waals surface area contributed by atoms with Gasteiger partial charge in [0.15, 0.2) is 5.78 Å². The number of allylic oxidation sites excluding steroid dienone is 1. The van der Waals surface area contributed by atoms with Crippen molar-refractivity contribution in [2.24, 2.45) is 5.92 Å². The number of hydrogen-bond acceptors (Lipinski definition) is 3. The molecule has 0 aromatic carbocycles. The van der Waals surface area contributed by atoms with E-state index in [1.807, 2.05) is 12.2 Å². The third-order valence-corrected chi connectivity index (χ3v) is 5.51. The lowest BCUT2D eigenvalue weighted by atomic mass is 9.84. The zero-order valence-electron chi connectivity index (χ0n) is 16.0. The first-order valence-corrected chi connectivity index (χ1v) is 9.51. The number of alkyl halides is 3. The van der Waals surface area contributed by atoms with Crippen LogP contribution in [0.3, 0.4) is 0 Å². The Bertz CT molecular complexity index is 651. The van der Waals surface area contributed by atoms with Gasteiger partial charge in [0.05, 0.1) is 5.57 Å². The maximum atomic E-state index is 14.2. The number of hydrogen-bond donors (Lipinski definition) is 1. The standard InChI is InChI=1S/C19H27F3N2O3/c1-4-5-11-24-12(2)15(13(3)25)18(17(24)27,19(20,21)22)23-16(26)14-9-7-6-8-10-14/h14H,4-11H2,1-3H3,(H,23,26)/t18-/m1/s1. The summed E-state index contributed by atoms with van der Waals surface area (Å²) in [4.78, 5) is 38.7. The van der Waals surface area contributed by atoms with Gasteiger partial charge in [0.2, 0.25) is 11.4 Å². The Morgan fingerprint density at radius 1 is 1.22 bits per heavy atom. The van der Waals surface area contributed by atoms with Crippen LogP contribution in [0.5, 0.6) is 0 Å². The van der Waals surface area contributed by atoms with E-state index in [-0.39, 0.29) is 12.2 Å². The van der Waals surface area contributed by atoms with Crippen LogP contribution in [-0.2, 0) is 14.4 Å². The number of halogens is 3. The molecule has 1 fully saturated rings. The monoisotopic (exact) mass is 388 g/mol. The molecule has 0 unspecified atom stereocenters. The second-order valence-electron chi connectivity index (χ2n) is 7.40. The lowest BCUT2D eigenvalue weighted by molar-refractivity contribution is -0.195. The Balaban J connectivity index is 2.49. The molecule has 0 spiro atoms. The molecule has 1 heterocycles. The largest absolute Gasteiger partial charge is 0.425 e. The van der Waals surface area contributed by atoms with Crippen LogP contribution < -0.4 is 5.32 Å². The SMILES string of the molecule is CCCCN1C(=O)[C@@](NC(=O)C2CCCCC2)(C(F)(F)F)C(C(C)=O)=C1C. The van der Waals surface area contributed by atoms with Gasteiger partial charge < -0.3 is 10.2 Å². The summed E-state index contributed by atoms with van der Waals surface area (Å²) in [5.74, 6) is -3.51. The van der Waals surface area contributed by atoms with Crippen LogP contribution in [0.25, 0.3) is 0 Å². The van der Waals surface area contributed by atoms with Gasteiger partial charge in [0, 0.05) is 18.2 Å². The normalized spacial score (nSPS) is 24.5. The smallest absolute Gasteiger partial charge is 0.330 e. The molecule has 5 nitrogen and oxygen atoms in total. The van der Waals surface area contributed by atoms with Crippen molar-refractivity contribution >= 4 is 17.6 Å². The number of carbonyl (C=O) groups is 3. The average Bonchev–Trinajstić information content (AvgIpc) is 2.81. The van der Waals surface area contributed by atoms with Gasteiger partial charge >= 0.3 is 6.18 Å². The van der Waals surface area contributed by atoms with Gasteiger partial charge in [-0.05, 0) is 33.1 Å². The first kappa shape index (κ1) is 21.4. The molecule has 1 aliphatic heterocycles. The van der Waals surface area contributed by atoms with Crippen molar-refractivity contribution in [3.8, 4) is 0 Å². The van der Waals surface area contributed by atoms with E-state index in [1.165, 1.54) is 6.92 Å². The molecule has 0 aromatic rings. The third-order valence-electron chi connectivity index (χ3n) is 5.51. The summed E-state index contributed by atoms with van der Waals surface area (Å²) in [6.07, 6.45) is -0.479. The van der Waals surface area contributed by atoms with Gasteiger partial charge in [-0.15, -0.1) is 0 Å². The van der Waals surface area contributed by atoms with Crippen molar-refractivity contribution in [2.45, 2.75) is 77.4 Å². The summed E-state index contributed by atoms with van der Waals surface area (Å²) in [5.41, 5.74) is -3.98. The van der Waals surface area contributed by atoms with E-state index in [0.717, 1.165) is 31.1 Å². The van der Waals surface area contributed by atoms with E-state index in [2.05, 4.69) is 0 Å². The number of ketones is 1. The Morgan fingerprint density at radius 3 is 2.30 bits per heavy atom. The van der Waals surface area contributed by atoms with Crippen LogP contribution >= 0.6 is 0 Å². The van der Waals surface area contributed by atoms with Crippen LogP contribution in [0.15, 0.2) is 11.3 Å². The number of unbranched alkanes of at least 4 members (excludes halogenated alkanes) is 1. The second kappa shape index (κ2) is 8.02. The summed E-state index contributed by atoms with van der Waals surface area (Å²) in [6.45, 7) is 4.27. The third kappa shape index (κ3) is 3.75. The van der Waals surface area contributed by atoms with Crippen LogP contribution in [0.1, 0.15) is 65.7 Å². The quantitative estimate of drug-likeness (QED) is 0.758. The molecule has 27 heavy (non-hydrogen) atoms. The molecule has 0 aromatic heterocycles. The zero-order valence-corrected chi connectivity index (χ0v) is 16.0. The highest BCUT2D eigenvalue weighted by Crippen LogP contribution is 2.45. The molecule has 8 heteroatoms. The highest BCUT2D eigenvalue weighted by Gasteiger charge is 2.69. The molecule has 2 rings (SSSR count). The molecule has 0 saturated heterocycles. The van der Waals surface area contributed by atoms with E-state index in [9.17, 15) is 27.6 Å². The van der Waals surface area contributed by atoms with Crippen molar-refractivity contribution in [1.29, 1.82) is 0 Å². The molecule has 2 aliphatic rings. The molecule has 2 amide bonds. The summed E-state index contributed by atoms with van der Waals surface area (Å²) in [6, 6.07) is 0. The number of nitrogens with zero attached hydrogens (tertiary/aromatic N) is 1. The maximum absolute atomic E-state index is 14.2. The van der Waals surface area contributed by atoms with E-state index >= 15 is 0 Å². The summed E-state index contributed by atoms with van der Waals surface area (Å²) in [5, 5.41) is 1.99. The molecule has 1 saturated carbocycles. The van der Waals surface area contributed by atoms with E-state index in [1.54, 1.807) is 0 Å². The lowest BCUT2D eigenvalue weighted by Crippen LogP contribution is -2.66. The highest BCUT2D eigenvalue weighted by atomic mass is 19.4. The molecule has 1 aliphatic carbocycles. The summed E-state index contributed by atoms with van der Waals surface area (Å²) < 4.78 is 42.7. The Morgan fingerprint density at radius 2 is 1.81 bits per heavy atom. The molecule has 152 valence electrons. The second-order valence-corrected chi connectivity index (χ2v) is 7.40. The minimum Gasteiger partial charge on any atom is -0.330 e. The van der Waals surface area contributed by atoms with Gasteiger partial charge in [-0.1, -0.05) is 32.6 Å². The Labute approximate surface area is 157 Å². The molecule has 0 radical (unpaired) electrons. The molecular formula is C19H27F3N2O3. The van der Waals surface area contributed by atoms with Crippen molar-refractivity contribution < 1.29 is 27.6 Å². The minimum absolute atomic E-state index is 0.0257. The number of rotatable bonds is 6. The summed E-state index contributed by atoms with van der Waals surface area (Å²) >= 11 is 0. The molecule has 1 atom stereocenters. The van der Waals surface area contributed by atoms with Gasteiger partial charge in [-0.2, -0.15) is 13.2 Å². The highest BCUT2D eigenvalue weighted by molar-refractivity contribution is 6.12.